The fourth-order valence-corrected chi connectivity index (χ4v) is 2.04. The maximum Gasteiger partial charge on any atom is 0.227 e. The fourth-order valence-electron chi connectivity index (χ4n) is 2.04. The summed E-state index contributed by atoms with van der Waals surface area (Å²) in [6.45, 7) is 1.89. The van der Waals surface area contributed by atoms with Crippen molar-refractivity contribution >= 4 is 11.7 Å². The first-order chi connectivity index (χ1) is 7.48. The van der Waals surface area contributed by atoms with Crippen molar-refractivity contribution in [3.63, 3.8) is 0 Å². The van der Waals surface area contributed by atoms with Crippen LogP contribution in [0.15, 0.2) is 6.07 Å². The second-order valence-corrected chi connectivity index (χ2v) is 4.74. The summed E-state index contributed by atoms with van der Waals surface area (Å²) in [5, 5.41) is 7.00. The lowest BCUT2D eigenvalue weighted by molar-refractivity contribution is -0.118. The van der Waals surface area contributed by atoms with E-state index in [4.69, 9.17) is 5.73 Å². The molecule has 1 aliphatic rings. The molecule has 0 atom stereocenters. The Morgan fingerprint density at radius 3 is 2.81 bits per heavy atom. The Morgan fingerprint density at radius 2 is 2.38 bits per heavy atom. The van der Waals surface area contributed by atoms with Gasteiger partial charge in [-0.1, -0.05) is 0 Å². The Hall–Kier alpha value is -1.36. The van der Waals surface area contributed by atoms with Gasteiger partial charge in [-0.05, 0) is 26.2 Å². The number of nitrogens with two attached hydrogens (primary N) is 1. The van der Waals surface area contributed by atoms with Gasteiger partial charge in [0.2, 0.25) is 5.91 Å². The molecule has 16 heavy (non-hydrogen) atoms. The maximum absolute atomic E-state index is 11.8. The van der Waals surface area contributed by atoms with Crippen LogP contribution in [0.5, 0.6) is 0 Å². The van der Waals surface area contributed by atoms with Crippen LogP contribution in [0.3, 0.4) is 0 Å². The summed E-state index contributed by atoms with van der Waals surface area (Å²) < 4.78 is 1.66. The van der Waals surface area contributed by atoms with Gasteiger partial charge in [0.1, 0.15) is 5.82 Å². The molecule has 0 aliphatic heterocycles. The number of carbonyl (C=O) groups excluding carboxylic acids is 1. The zero-order valence-corrected chi connectivity index (χ0v) is 9.79. The van der Waals surface area contributed by atoms with Crippen molar-refractivity contribution in [2.45, 2.75) is 38.1 Å². The van der Waals surface area contributed by atoms with E-state index in [2.05, 4.69) is 10.4 Å². The molecule has 5 nitrogen and oxygen atoms in total. The molecule has 1 fully saturated rings. The van der Waals surface area contributed by atoms with Crippen molar-refractivity contribution in [2.75, 3.05) is 5.32 Å². The van der Waals surface area contributed by atoms with Gasteiger partial charge >= 0.3 is 0 Å². The van der Waals surface area contributed by atoms with E-state index >= 15 is 0 Å². The van der Waals surface area contributed by atoms with Crippen LogP contribution >= 0.6 is 0 Å². The number of hydrogen-bond donors (Lipinski definition) is 2. The zero-order chi connectivity index (χ0) is 11.8. The predicted molar refractivity (Wildman–Crippen MR) is 62.0 cm³/mol. The molecule has 0 saturated heterocycles. The first-order valence-corrected chi connectivity index (χ1v) is 5.58. The third-order valence-electron chi connectivity index (χ3n) is 3.13. The van der Waals surface area contributed by atoms with E-state index in [9.17, 15) is 4.79 Å². The van der Waals surface area contributed by atoms with Crippen molar-refractivity contribution in [3.05, 3.63) is 11.8 Å². The third-order valence-corrected chi connectivity index (χ3v) is 3.13. The molecule has 2 rings (SSSR count). The molecule has 0 radical (unpaired) electrons. The summed E-state index contributed by atoms with van der Waals surface area (Å²) in [7, 11) is 1.81. The van der Waals surface area contributed by atoms with Gasteiger partial charge in [0.05, 0.1) is 5.69 Å². The molecule has 1 saturated carbocycles. The number of carbonyl (C=O) groups is 1. The molecular weight excluding hydrogens is 204 g/mol. The summed E-state index contributed by atoms with van der Waals surface area (Å²) >= 11 is 0. The molecule has 1 aromatic rings. The van der Waals surface area contributed by atoms with Gasteiger partial charge in [-0.3, -0.25) is 9.48 Å². The normalized spacial score (nSPS) is 17.9. The lowest BCUT2D eigenvalue weighted by atomic mass is 9.75. The van der Waals surface area contributed by atoms with Crippen LogP contribution in [0.25, 0.3) is 0 Å². The largest absolute Gasteiger partial charge is 0.325 e. The quantitative estimate of drug-likeness (QED) is 0.799. The minimum atomic E-state index is -0.266. The van der Waals surface area contributed by atoms with Gasteiger partial charge in [0.25, 0.3) is 0 Å². The summed E-state index contributed by atoms with van der Waals surface area (Å²) in [6, 6.07) is 1.85. The molecule has 0 bridgehead atoms. The van der Waals surface area contributed by atoms with E-state index in [1.54, 1.807) is 4.68 Å². The molecule has 1 aliphatic carbocycles. The van der Waals surface area contributed by atoms with Gasteiger partial charge < -0.3 is 11.1 Å². The van der Waals surface area contributed by atoms with Crippen LogP contribution in [0.4, 0.5) is 5.82 Å². The van der Waals surface area contributed by atoms with Crippen LogP contribution in [-0.4, -0.2) is 21.2 Å². The lowest BCUT2D eigenvalue weighted by Gasteiger charge is -2.37. The van der Waals surface area contributed by atoms with Gasteiger partial charge in [-0.2, -0.15) is 5.10 Å². The lowest BCUT2D eigenvalue weighted by Crippen LogP contribution is -2.49. The molecule has 0 aromatic carbocycles. The average molecular weight is 222 g/mol. The molecule has 1 heterocycles. The molecule has 88 valence electrons. The van der Waals surface area contributed by atoms with Crippen LogP contribution in [-0.2, 0) is 11.8 Å². The summed E-state index contributed by atoms with van der Waals surface area (Å²) in [4.78, 5) is 11.8. The van der Waals surface area contributed by atoms with Crippen molar-refractivity contribution in [2.24, 2.45) is 12.8 Å². The van der Waals surface area contributed by atoms with Gasteiger partial charge in [-0.15, -0.1) is 0 Å². The van der Waals surface area contributed by atoms with Gasteiger partial charge in [-0.25, -0.2) is 0 Å². The van der Waals surface area contributed by atoms with Crippen LogP contribution in [0.1, 0.15) is 31.4 Å². The molecule has 1 aromatic heterocycles. The highest BCUT2D eigenvalue weighted by atomic mass is 16.1. The van der Waals surface area contributed by atoms with E-state index in [0.29, 0.717) is 6.42 Å². The van der Waals surface area contributed by atoms with E-state index in [1.165, 1.54) is 0 Å². The first-order valence-electron chi connectivity index (χ1n) is 5.58. The fraction of sp³-hybridized carbons (Fsp3) is 0.636. The number of anilines is 1. The number of rotatable bonds is 3. The van der Waals surface area contributed by atoms with Gasteiger partial charge in [0.15, 0.2) is 0 Å². The SMILES string of the molecule is Cc1cc(NC(=O)CC2(N)CCC2)n(C)n1. The third kappa shape index (κ3) is 2.24. The Bertz CT molecular complexity index is 406. The minimum absolute atomic E-state index is 0.0230. The Labute approximate surface area is 95.0 Å². The average Bonchev–Trinajstić information content (AvgIpc) is 2.42. The highest BCUT2D eigenvalue weighted by molar-refractivity contribution is 5.90. The minimum Gasteiger partial charge on any atom is -0.325 e. The monoisotopic (exact) mass is 222 g/mol. The molecule has 1 amide bonds. The van der Waals surface area contributed by atoms with Gasteiger partial charge in [0, 0.05) is 25.1 Å². The standard InChI is InChI=1S/C11H18N4O/c1-8-6-9(15(2)14-8)13-10(16)7-11(12)4-3-5-11/h6H,3-5,7,12H2,1-2H3,(H,13,16). The van der Waals surface area contributed by atoms with Crippen LogP contribution in [0.2, 0.25) is 0 Å². The number of amides is 1. The van der Waals surface area contributed by atoms with Crippen molar-refractivity contribution < 1.29 is 4.79 Å². The van der Waals surface area contributed by atoms with E-state index in [1.807, 2.05) is 20.0 Å². The van der Waals surface area contributed by atoms with Crippen molar-refractivity contribution in [3.8, 4) is 0 Å². The summed E-state index contributed by atoms with van der Waals surface area (Å²) in [5.74, 6) is 0.704. The van der Waals surface area contributed by atoms with Crippen molar-refractivity contribution in [1.29, 1.82) is 0 Å². The molecule has 3 N–H and O–H groups in total. The number of hydrogen-bond acceptors (Lipinski definition) is 3. The van der Waals surface area contributed by atoms with E-state index < -0.39 is 0 Å². The Kier molecular flexibility index (Phi) is 2.71. The first kappa shape index (κ1) is 11.1. The highest BCUT2D eigenvalue weighted by Gasteiger charge is 2.34. The molecule has 0 spiro atoms. The molecular formula is C11H18N4O. The second-order valence-electron chi connectivity index (χ2n) is 4.74. The smallest absolute Gasteiger partial charge is 0.227 e. The number of aromatic nitrogens is 2. The second kappa shape index (κ2) is 3.90. The highest BCUT2D eigenvalue weighted by Crippen LogP contribution is 2.32. The van der Waals surface area contributed by atoms with E-state index in [-0.39, 0.29) is 11.4 Å². The van der Waals surface area contributed by atoms with Crippen molar-refractivity contribution in [1.82, 2.24) is 9.78 Å². The number of nitrogens with zero attached hydrogens (tertiary/aromatic N) is 2. The number of aryl methyl sites for hydroxylation is 2. The Balaban J connectivity index is 1.94. The molecule has 5 heteroatoms. The molecule has 0 unspecified atom stereocenters. The zero-order valence-electron chi connectivity index (χ0n) is 9.79. The topological polar surface area (TPSA) is 72.9 Å². The maximum atomic E-state index is 11.8. The summed E-state index contributed by atoms with van der Waals surface area (Å²) in [6.07, 6.45) is 3.43. The Morgan fingerprint density at radius 1 is 1.69 bits per heavy atom. The van der Waals surface area contributed by atoms with E-state index in [0.717, 1.165) is 30.8 Å². The number of nitrogens with one attached hydrogen (secondary N) is 1. The van der Waals surface area contributed by atoms with Crippen LogP contribution < -0.4 is 11.1 Å². The summed E-state index contributed by atoms with van der Waals surface area (Å²) in [5.41, 5.74) is 6.64. The van der Waals surface area contributed by atoms with Crippen LogP contribution in [0, 0.1) is 6.92 Å². The predicted octanol–water partition coefficient (Wildman–Crippen LogP) is 0.939.